The van der Waals surface area contributed by atoms with Crippen molar-refractivity contribution < 1.29 is 23.9 Å². The van der Waals surface area contributed by atoms with Crippen LogP contribution in [0.3, 0.4) is 0 Å². The van der Waals surface area contributed by atoms with Gasteiger partial charge in [-0.2, -0.15) is 0 Å². The number of urea groups is 1. The molecule has 0 bridgehead atoms. The number of hydrogen-bond donors (Lipinski definition) is 1. The van der Waals surface area contributed by atoms with Crippen molar-refractivity contribution in [2.45, 2.75) is 43.2 Å². The Morgan fingerprint density at radius 3 is 2.41 bits per heavy atom. The average Bonchev–Trinajstić information content (AvgIpc) is 3.11. The number of carbonyl (C=O) groups excluding carboxylic acids is 4. The zero-order valence-corrected chi connectivity index (χ0v) is 20.0. The molecule has 4 rings (SSSR count). The predicted octanol–water partition coefficient (Wildman–Crippen LogP) is 3.52. The highest BCUT2D eigenvalue weighted by atomic mass is 32.2. The highest BCUT2D eigenvalue weighted by molar-refractivity contribution is 7.99. The van der Waals surface area contributed by atoms with Crippen LogP contribution in [0.25, 0.3) is 0 Å². The molecule has 1 fully saturated rings. The van der Waals surface area contributed by atoms with Crippen molar-refractivity contribution >= 4 is 41.3 Å². The number of nitrogens with one attached hydrogen (secondary N) is 1. The van der Waals surface area contributed by atoms with Gasteiger partial charge in [-0.3, -0.25) is 24.2 Å². The van der Waals surface area contributed by atoms with E-state index in [0.29, 0.717) is 18.6 Å². The van der Waals surface area contributed by atoms with E-state index in [-0.39, 0.29) is 11.9 Å². The minimum absolute atomic E-state index is 0.215. The lowest BCUT2D eigenvalue weighted by Crippen LogP contribution is -2.46. The van der Waals surface area contributed by atoms with Crippen LogP contribution in [0.2, 0.25) is 0 Å². The maximum atomic E-state index is 13.3. The third-order valence-electron chi connectivity index (χ3n) is 6.38. The molecule has 1 N–H and O–H groups in total. The molecule has 1 atom stereocenters. The summed E-state index contributed by atoms with van der Waals surface area (Å²) in [5.41, 5.74) is 0.753. The van der Waals surface area contributed by atoms with Crippen molar-refractivity contribution in [1.82, 2.24) is 10.2 Å². The quantitative estimate of drug-likeness (QED) is 0.480. The van der Waals surface area contributed by atoms with Crippen molar-refractivity contribution in [3.63, 3.8) is 0 Å². The normalized spacial score (nSPS) is 18.9. The fourth-order valence-corrected chi connectivity index (χ4v) is 5.52. The van der Waals surface area contributed by atoms with Crippen LogP contribution in [-0.2, 0) is 19.1 Å². The van der Waals surface area contributed by atoms with Gasteiger partial charge in [0, 0.05) is 10.6 Å². The maximum absolute atomic E-state index is 13.3. The number of carbonyl (C=O) groups is 4. The van der Waals surface area contributed by atoms with Gasteiger partial charge >= 0.3 is 12.0 Å². The first-order valence-corrected chi connectivity index (χ1v) is 12.3. The number of anilines is 1. The number of amides is 4. The summed E-state index contributed by atoms with van der Waals surface area (Å²) >= 11 is 1.67. The Kier molecular flexibility index (Phi) is 6.92. The first-order chi connectivity index (χ1) is 16.4. The maximum Gasteiger partial charge on any atom is 0.326 e. The Morgan fingerprint density at radius 2 is 1.74 bits per heavy atom. The van der Waals surface area contributed by atoms with E-state index in [1.165, 1.54) is 0 Å². The van der Waals surface area contributed by atoms with Crippen molar-refractivity contribution in [2.24, 2.45) is 0 Å². The fraction of sp³-hybridized carbons (Fsp3) is 0.360. The molecule has 1 unspecified atom stereocenters. The number of thioether (sulfide) groups is 1. The van der Waals surface area contributed by atoms with Gasteiger partial charge in [0.1, 0.15) is 12.1 Å². The lowest BCUT2D eigenvalue weighted by Gasteiger charge is -2.37. The molecule has 0 radical (unpaired) electrons. The zero-order chi connectivity index (χ0) is 24.3. The molecule has 1 saturated heterocycles. The summed E-state index contributed by atoms with van der Waals surface area (Å²) in [5, 5.41) is 2.68. The van der Waals surface area contributed by atoms with Crippen LogP contribution in [0.4, 0.5) is 10.5 Å². The number of hydrogen-bond acceptors (Lipinski definition) is 6. The van der Waals surface area contributed by atoms with E-state index in [1.54, 1.807) is 30.5 Å². The highest BCUT2D eigenvalue weighted by Gasteiger charge is 2.49. The molecular weight excluding hydrogens is 454 g/mol. The van der Waals surface area contributed by atoms with Crippen LogP contribution in [0.5, 0.6) is 0 Å². The number of ether oxygens (including phenoxy) is 1. The smallest absolute Gasteiger partial charge is 0.326 e. The van der Waals surface area contributed by atoms with Crippen LogP contribution in [0.15, 0.2) is 59.5 Å². The van der Waals surface area contributed by atoms with Crippen molar-refractivity contribution in [3.05, 3.63) is 60.2 Å². The minimum Gasteiger partial charge on any atom is -0.454 e. The molecule has 2 aliphatic rings. The van der Waals surface area contributed by atoms with Gasteiger partial charge in [-0.15, -0.1) is 11.8 Å². The second-order valence-corrected chi connectivity index (χ2v) is 9.30. The second kappa shape index (κ2) is 9.89. The van der Waals surface area contributed by atoms with E-state index >= 15 is 0 Å². The molecular formula is C25H27N3O5S. The molecule has 2 aliphatic heterocycles. The summed E-state index contributed by atoms with van der Waals surface area (Å²) in [6.07, 6.45) is 0.844. The molecule has 2 heterocycles. The molecule has 2 aromatic carbocycles. The van der Waals surface area contributed by atoms with Crippen molar-refractivity contribution in [3.8, 4) is 0 Å². The second-order valence-electron chi connectivity index (χ2n) is 8.24. The van der Waals surface area contributed by atoms with E-state index in [2.05, 4.69) is 5.32 Å². The van der Waals surface area contributed by atoms with E-state index in [9.17, 15) is 19.2 Å². The van der Waals surface area contributed by atoms with Crippen molar-refractivity contribution in [2.75, 3.05) is 23.8 Å². The number of imide groups is 1. The minimum atomic E-state index is -0.995. The summed E-state index contributed by atoms with van der Waals surface area (Å²) in [6.45, 7) is 2.59. The van der Waals surface area contributed by atoms with E-state index in [1.807, 2.05) is 54.6 Å². The van der Waals surface area contributed by atoms with E-state index < -0.39 is 36.6 Å². The summed E-state index contributed by atoms with van der Waals surface area (Å²) < 4.78 is 5.24. The first-order valence-electron chi connectivity index (χ1n) is 11.3. The lowest BCUT2D eigenvalue weighted by molar-refractivity contribution is -0.150. The molecule has 0 saturated carbocycles. The fourth-order valence-electron chi connectivity index (χ4n) is 4.35. The van der Waals surface area contributed by atoms with Gasteiger partial charge in [-0.25, -0.2) is 4.79 Å². The number of nitrogens with zero attached hydrogens (tertiary/aromatic N) is 2. The number of rotatable bonds is 7. The SMILES string of the molecule is CCC1(CC)NC(=O)N(CC(=O)OCC(=O)N2c3ccccc3SCC2c2ccccc2)C1=O. The molecule has 178 valence electrons. The van der Waals surface area contributed by atoms with Gasteiger partial charge < -0.3 is 10.1 Å². The average molecular weight is 482 g/mol. The molecule has 2 aromatic rings. The predicted molar refractivity (Wildman–Crippen MR) is 128 cm³/mol. The molecule has 0 spiro atoms. The molecule has 0 aromatic heterocycles. The Bertz CT molecular complexity index is 1100. The van der Waals surface area contributed by atoms with Crippen molar-refractivity contribution in [1.29, 1.82) is 0 Å². The van der Waals surface area contributed by atoms with Crippen LogP contribution >= 0.6 is 11.8 Å². The monoisotopic (exact) mass is 481 g/mol. The lowest BCUT2D eigenvalue weighted by atomic mass is 9.93. The number of benzene rings is 2. The largest absolute Gasteiger partial charge is 0.454 e. The summed E-state index contributed by atoms with van der Waals surface area (Å²) in [4.78, 5) is 54.3. The van der Waals surface area contributed by atoms with Crippen LogP contribution in [0, 0.1) is 0 Å². The van der Waals surface area contributed by atoms with Gasteiger partial charge in [0.2, 0.25) is 0 Å². The molecule has 9 heteroatoms. The Balaban J connectivity index is 1.46. The third kappa shape index (κ3) is 4.40. The molecule has 34 heavy (non-hydrogen) atoms. The highest BCUT2D eigenvalue weighted by Crippen LogP contribution is 2.43. The van der Waals surface area contributed by atoms with Gasteiger partial charge in [-0.05, 0) is 30.5 Å². The number of esters is 1. The van der Waals surface area contributed by atoms with Gasteiger partial charge in [0.05, 0.1) is 11.7 Å². The first kappa shape index (κ1) is 23.8. The van der Waals surface area contributed by atoms with Crippen LogP contribution in [-0.4, -0.2) is 53.2 Å². The van der Waals surface area contributed by atoms with Gasteiger partial charge in [-0.1, -0.05) is 56.3 Å². The summed E-state index contributed by atoms with van der Waals surface area (Å²) in [7, 11) is 0. The Morgan fingerprint density at radius 1 is 1.06 bits per heavy atom. The van der Waals surface area contributed by atoms with E-state index in [0.717, 1.165) is 21.0 Å². The van der Waals surface area contributed by atoms with Gasteiger partial charge in [0.25, 0.3) is 11.8 Å². The number of fused-ring (bicyclic) bond motifs is 1. The Labute approximate surface area is 202 Å². The molecule has 8 nitrogen and oxygen atoms in total. The summed E-state index contributed by atoms with van der Waals surface area (Å²) in [6, 6.07) is 16.5. The summed E-state index contributed by atoms with van der Waals surface area (Å²) in [5.74, 6) is -0.962. The van der Waals surface area contributed by atoms with Crippen LogP contribution in [0.1, 0.15) is 38.3 Å². The number of para-hydroxylation sites is 1. The topological polar surface area (TPSA) is 96.0 Å². The Hall–Kier alpha value is -3.33. The molecule has 4 amide bonds. The van der Waals surface area contributed by atoms with Gasteiger partial charge in [0.15, 0.2) is 6.61 Å². The molecule has 0 aliphatic carbocycles. The zero-order valence-electron chi connectivity index (χ0n) is 19.2. The standard InChI is InChI=1S/C25H27N3O5S/c1-3-25(4-2)23(31)27(24(32)26-25)14-22(30)33-15-21(29)28-18-12-8-9-13-20(18)34-16-19(28)17-10-6-5-7-11-17/h5-13,19H,3-4,14-16H2,1-2H3,(H,26,32). The van der Waals surface area contributed by atoms with Crippen LogP contribution < -0.4 is 10.2 Å². The third-order valence-corrected chi connectivity index (χ3v) is 7.52. The van der Waals surface area contributed by atoms with E-state index in [4.69, 9.17) is 4.74 Å².